The number of aromatic nitrogens is 2. The number of nitrogen functional groups attached to an aromatic ring is 1. The van der Waals surface area contributed by atoms with Crippen LogP contribution in [-0.4, -0.2) is 9.97 Å². The van der Waals surface area contributed by atoms with Crippen molar-refractivity contribution in [1.82, 2.24) is 9.97 Å². The molecular weight excluding hydrogens is 349 g/mol. The molecule has 3 aromatic heterocycles. The van der Waals surface area contributed by atoms with Gasteiger partial charge in [0.1, 0.15) is 5.75 Å². The molecule has 0 aliphatic heterocycles. The third-order valence-electron chi connectivity index (χ3n) is 3.97. The van der Waals surface area contributed by atoms with Crippen molar-refractivity contribution in [2.24, 2.45) is 0 Å². The zero-order valence-electron chi connectivity index (χ0n) is 14.1. The number of hydrogen-bond donors (Lipinski definition) is 1. The van der Waals surface area contributed by atoms with Crippen LogP contribution in [0.2, 0.25) is 0 Å². The maximum absolute atomic E-state index is 14.1. The largest absolute Gasteiger partial charge is 0.453 e. The van der Waals surface area contributed by atoms with E-state index in [1.165, 1.54) is 23.5 Å². The lowest BCUT2D eigenvalue weighted by Crippen LogP contribution is -1.91. The van der Waals surface area contributed by atoms with Crippen LogP contribution in [0.1, 0.15) is 12.6 Å². The molecule has 6 heteroatoms. The fourth-order valence-electron chi connectivity index (χ4n) is 2.65. The lowest BCUT2D eigenvalue weighted by Gasteiger charge is -2.07. The summed E-state index contributed by atoms with van der Waals surface area (Å²) in [5, 5.41) is 0. The zero-order chi connectivity index (χ0) is 18.1. The summed E-state index contributed by atoms with van der Waals surface area (Å²) in [6, 6.07) is 14.1. The van der Waals surface area contributed by atoms with Crippen LogP contribution in [-0.2, 0) is 6.42 Å². The number of benzene rings is 1. The molecule has 0 fully saturated rings. The number of nitrogens with two attached hydrogens (primary N) is 1. The molecule has 1 aromatic carbocycles. The van der Waals surface area contributed by atoms with E-state index in [0.717, 1.165) is 32.9 Å². The van der Waals surface area contributed by atoms with Crippen LogP contribution in [0.15, 0.2) is 54.7 Å². The predicted octanol–water partition coefficient (Wildman–Crippen LogP) is 5.43. The van der Waals surface area contributed by atoms with E-state index in [4.69, 9.17) is 10.5 Å². The molecule has 0 saturated heterocycles. The second-order valence-corrected chi connectivity index (χ2v) is 6.85. The Labute approximate surface area is 154 Å². The molecule has 0 unspecified atom stereocenters. The number of nitrogens with zero attached hydrogens (tertiary/aromatic N) is 2. The summed E-state index contributed by atoms with van der Waals surface area (Å²) in [5.74, 6) is 0.193. The summed E-state index contributed by atoms with van der Waals surface area (Å²) in [5.41, 5.74) is 8.68. The number of anilines is 1. The lowest BCUT2D eigenvalue weighted by molar-refractivity contribution is 0.447. The minimum Gasteiger partial charge on any atom is -0.453 e. The molecule has 3 heterocycles. The Morgan fingerprint density at radius 2 is 2.00 bits per heavy atom. The first kappa shape index (κ1) is 16.5. The standard InChI is InChI=1S/C20H16FN3OS/c1-2-13-4-3-5-15(24-13)19-11-16-20(26-19)18(8-9-23-16)25-17-7-6-12(22)10-14(17)21/h3-11H,2,22H2,1H3. The van der Waals surface area contributed by atoms with Crippen LogP contribution < -0.4 is 10.5 Å². The third kappa shape index (κ3) is 3.11. The molecule has 2 N–H and O–H groups in total. The molecule has 0 spiro atoms. The van der Waals surface area contributed by atoms with E-state index in [1.54, 1.807) is 18.3 Å². The molecule has 0 radical (unpaired) electrons. The quantitative estimate of drug-likeness (QED) is 0.490. The molecule has 0 saturated carbocycles. The van der Waals surface area contributed by atoms with Crippen LogP contribution in [0.4, 0.5) is 10.1 Å². The van der Waals surface area contributed by atoms with Gasteiger partial charge in [-0.1, -0.05) is 13.0 Å². The summed E-state index contributed by atoms with van der Waals surface area (Å²) in [7, 11) is 0. The van der Waals surface area contributed by atoms with Gasteiger partial charge in [-0.2, -0.15) is 0 Å². The molecule has 0 aliphatic carbocycles. The van der Waals surface area contributed by atoms with Crippen LogP contribution in [0.5, 0.6) is 11.5 Å². The first-order valence-electron chi connectivity index (χ1n) is 8.22. The third-order valence-corrected chi connectivity index (χ3v) is 5.13. The normalized spacial score (nSPS) is 11.0. The number of fused-ring (bicyclic) bond motifs is 1. The Balaban J connectivity index is 1.76. The second-order valence-electron chi connectivity index (χ2n) is 5.79. The van der Waals surface area contributed by atoms with E-state index in [2.05, 4.69) is 16.9 Å². The number of ether oxygens (including phenoxy) is 1. The molecule has 0 atom stereocenters. The molecule has 0 bridgehead atoms. The van der Waals surface area contributed by atoms with Crippen LogP contribution in [0, 0.1) is 5.82 Å². The highest BCUT2D eigenvalue weighted by Gasteiger charge is 2.13. The van der Waals surface area contributed by atoms with Crippen LogP contribution in [0.3, 0.4) is 0 Å². The first-order valence-corrected chi connectivity index (χ1v) is 9.03. The number of thiophene rings is 1. The van der Waals surface area contributed by atoms with E-state index in [-0.39, 0.29) is 5.75 Å². The topological polar surface area (TPSA) is 61.0 Å². The summed E-state index contributed by atoms with van der Waals surface area (Å²) in [6.45, 7) is 2.08. The van der Waals surface area contributed by atoms with E-state index in [0.29, 0.717) is 11.4 Å². The second kappa shape index (κ2) is 6.72. The van der Waals surface area contributed by atoms with Gasteiger partial charge in [-0.3, -0.25) is 9.97 Å². The van der Waals surface area contributed by atoms with Crippen molar-refractivity contribution in [1.29, 1.82) is 0 Å². The summed E-state index contributed by atoms with van der Waals surface area (Å²) >= 11 is 1.53. The smallest absolute Gasteiger partial charge is 0.167 e. The highest BCUT2D eigenvalue weighted by molar-refractivity contribution is 7.22. The Morgan fingerprint density at radius 3 is 2.81 bits per heavy atom. The van der Waals surface area contributed by atoms with Gasteiger partial charge in [-0.15, -0.1) is 11.3 Å². The molecule has 26 heavy (non-hydrogen) atoms. The average molecular weight is 365 g/mol. The Kier molecular flexibility index (Phi) is 4.26. The maximum Gasteiger partial charge on any atom is 0.167 e. The molecule has 4 nitrogen and oxygen atoms in total. The van der Waals surface area contributed by atoms with Crippen molar-refractivity contribution >= 4 is 27.2 Å². The van der Waals surface area contributed by atoms with Gasteiger partial charge in [0.15, 0.2) is 11.6 Å². The average Bonchev–Trinajstić information content (AvgIpc) is 3.09. The molecular formula is C20H16FN3OS. The number of hydrogen-bond acceptors (Lipinski definition) is 5. The Hall–Kier alpha value is -2.99. The lowest BCUT2D eigenvalue weighted by atomic mass is 10.2. The van der Waals surface area contributed by atoms with E-state index in [1.807, 2.05) is 24.3 Å². The van der Waals surface area contributed by atoms with E-state index in [9.17, 15) is 4.39 Å². The predicted molar refractivity (Wildman–Crippen MR) is 103 cm³/mol. The van der Waals surface area contributed by atoms with Crippen molar-refractivity contribution in [2.75, 3.05) is 5.73 Å². The number of pyridine rings is 2. The van der Waals surface area contributed by atoms with Gasteiger partial charge >= 0.3 is 0 Å². The summed E-state index contributed by atoms with van der Waals surface area (Å²) in [6.07, 6.45) is 2.53. The van der Waals surface area contributed by atoms with Crippen molar-refractivity contribution in [3.05, 3.63) is 66.2 Å². The minimum atomic E-state index is -0.496. The SMILES string of the molecule is CCc1cccc(-c2cc3nccc(Oc4ccc(N)cc4F)c3s2)n1. The van der Waals surface area contributed by atoms with Gasteiger partial charge in [0, 0.05) is 29.7 Å². The minimum absolute atomic E-state index is 0.132. The fraction of sp³-hybridized carbons (Fsp3) is 0.100. The molecule has 4 aromatic rings. The van der Waals surface area contributed by atoms with Gasteiger partial charge < -0.3 is 10.5 Å². The van der Waals surface area contributed by atoms with E-state index < -0.39 is 5.82 Å². The zero-order valence-corrected chi connectivity index (χ0v) is 14.9. The van der Waals surface area contributed by atoms with Gasteiger partial charge in [-0.25, -0.2) is 4.39 Å². The van der Waals surface area contributed by atoms with E-state index >= 15 is 0 Å². The number of halogens is 1. The first-order chi connectivity index (χ1) is 12.6. The highest BCUT2D eigenvalue weighted by atomic mass is 32.1. The summed E-state index contributed by atoms with van der Waals surface area (Å²) < 4.78 is 20.7. The molecule has 0 amide bonds. The van der Waals surface area contributed by atoms with Crippen LogP contribution in [0.25, 0.3) is 20.8 Å². The highest BCUT2D eigenvalue weighted by Crippen LogP contribution is 2.39. The van der Waals surface area contributed by atoms with Gasteiger partial charge in [0.25, 0.3) is 0 Å². The van der Waals surface area contributed by atoms with Crippen LogP contribution >= 0.6 is 11.3 Å². The molecule has 0 aliphatic rings. The molecule has 130 valence electrons. The van der Waals surface area contributed by atoms with Crippen molar-refractivity contribution in [3.63, 3.8) is 0 Å². The Bertz CT molecular complexity index is 1090. The Morgan fingerprint density at radius 1 is 1.12 bits per heavy atom. The van der Waals surface area contributed by atoms with Crippen molar-refractivity contribution in [2.45, 2.75) is 13.3 Å². The van der Waals surface area contributed by atoms with Crippen molar-refractivity contribution < 1.29 is 9.13 Å². The van der Waals surface area contributed by atoms with Gasteiger partial charge in [-0.05, 0) is 36.8 Å². The fourth-order valence-corrected chi connectivity index (χ4v) is 3.69. The van der Waals surface area contributed by atoms with Gasteiger partial charge in [0.05, 0.1) is 20.8 Å². The number of rotatable bonds is 4. The number of aryl methyl sites for hydroxylation is 1. The summed E-state index contributed by atoms with van der Waals surface area (Å²) in [4.78, 5) is 10.1. The van der Waals surface area contributed by atoms with Gasteiger partial charge in [0.2, 0.25) is 0 Å². The van der Waals surface area contributed by atoms with Crippen molar-refractivity contribution in [3.8, 4) is 22.1 Å². The monoisotopic (exact) mass is 365 g/mol. The maximum atomic E-state index is 14.1. The molecule has 4 rings (SSSR count).